The average molecular weight is 438 g/mol. The van der Waals surface area contributed by atoms with E-state index in [1.54, 1.807) is 16.9 Å². The Hall–Kier alpha value is -3.54. The van der Waals surface area contributed by atoms with E-state index in [4.69, 9.17) is 4.98 Å². The molecule has 166 valence electrons. The van der Waals surface area contributed by atoms with Crippen LogP contribution in [0.4, 0.5) is 0 Å². The van der Waals surface area contributed by atoms with E-state index in [1.807, 2.05) is 54.7 Å². The molecule has 1 saturated carbocycles. The summed E-state index contributed by atoms with van der Waals surface area (Å²) < 4.78 is 1.76. The second kappa shape index (κ2) is 8.43. The van der Waals surface area contributed by atoms with Crippen LogP contribution in [0, 0.1) is 5.92 Å². The Morgan fingerprint density at radius 3 is 2.70 bits per heavy atom. The molecule has 2 atom stereocenters. The van der Waals surface area contributed by atoms with Gasteiger partial charge in [-0.2, -0.15) is 5.10 Å². The number of likely N-dealkylation sites (tertiary alicyclic amines) is 1. The highest BCUT2D eigenvalue weighted by Gasteiger charge is 2.36. The smallest absolute Gasteiger partial charge is 0.254 e. The first kappa shape index (κ1) is 20.1. The van der Waals surface area contributed by atoms with Crippen molar-refractivity contribution in [2.24, 2.45) is 5.92 Å². The predicted octanol–water partition coefficient (Wildman–Crippen LogP) is 5.25. The summed E-state index contributed by atoms with van der Waals surface area (Å²) in [7, 11) is 0. The largest absolute Gasteiger partial charge is 0.335 e. The predicted molar refractivity (Wildman–Crippen MR) is 128 cm³/mol. The van der Waals surface area contributed by atoms with Gasteiger partial charge in [0.15, 0.2) is 5.65 Å². The number of carbonyl (C=O) groups is 1. The van der Waals surface area contributed by atoms with E-state index in [-0.39, 0.29) is 5.91 Å². The maximum Gasteiger partial charge on any atom is 0.254 e. The monoisotopic (exact) mass is 437 g/mol. The first-order valence-corrected chi connectivity index (χ1v) is 11.9. The van der Waals surface area contributed by atoms with E-state index >= 15 is 0 Å². The fourth-order valence-corrected chi connectivity index (χ4v) is 5.57. The van der Waals surface area contributed by atoms with Gasteiger partial charge in [-0.25, -0.2) is 9.50 Å². The lowest BCUT2D eigenvalue weighted by molar-refractivity contribution is 0.0390. The summed E-state index contributed by atoms with van der Waals surface area (Å²) in [6, 6.07) is 16.2. The van der Waals surface area contributed by atoms with Crippen molar-refractivity contribution in [3.05, 3.63) is 72.7 Å². The van der Waals surface area contributed by atoms with Crippen LogP contribution < -0.4 is 0 Å². The van der Waals surface area contributed by atoms with Gasteiger partial charge in [-0.15, -0.1) is 0 Å². The Morgan fingerprint density at radius 1 is 0.939 bits per heavy atom. The molecule has 4 aromatic rings. The Kier molecular flexibility index (Phi) is 5.13. The molecule has 33 heavy (non-hydrogen) atoms. The Labute approximate surface area is 193 Å². The summed E-state index contributed by atoms with van der Waals surface area (Å²) in [6.07, 6.45) is 12.7. The van der Waals surface area contributed by atoms with E-state index in [9.17, 15) is 4.79 Å². The van der Waals surface area contributed by atoms with Crippen LogP contribution >= 0.6 is 0 Å². The van der Waals surface area contributed by atoms with E-state index < -0.39 is 0 Å². The minimum Gasteiger partial charge on any atom is -0.335 e. The van der Waals surface area contributed by atoms with Gasteiger partial charge in [0.1, 0.15) is 0 Å². The maximum atomic E-state index is 13.5. The topological polar surface area (TPSA) is 63.4 Å². The minimum absolute atomic E-state index is 0.129. The highest BCUT2D eigenvalue weighted by atomic mass is 16.2. The van der Waals surface area contributed by atoms with E-state index in [1.165, 1.54) is 25.7 Å². The lowest BCUT2D eigenvalue weighted by atomic mass is 9.78. The zero-order chi connectivity index (χ0) is 22.2. The highest BCUT2D eigenvalue weighted by Crippen LogP contribution is 2.36. The van der Waals surface area contributed by atoms with Crippen LogP contribution in [-0.4, -0.2) is 43.0 Å². The minimum atomic E-state index is 0.129. The summed E-state index contributed by atoms with van der Waals surface area (Å²) in [5, 5.41) is 4.47. The normalized spacial score (nSPS) is 20.5. The number of amides is 1. The molecule has 1 aliphatic heterocycles. The lowest BCUT2D eigenvalue weighted by Gasteiger charge is -2.44. The van der Waals surface area contributed by atoms with Crippen molar-refractivity contribution in [2.45, 2.75) is 44.6 Å². The number of rotatable bonds is 3. The molecule has 6 rings (SSSR count). The molecule has 6 nitrogen and oxygen atoms in total. The third kappa shape index (κ3) is 3.69. The van der Waals surface area contributed by atoms with Gasteiger partial charge in [-0.05, 0) is 49.8 Å². The zero-order valence-electron chi connectivity index (χ0n) is 18.6. The number of fused-ring (bicyclic) bond motifs is 2. The molecule has 0 radical (unpaired) electrons. The summed E-state index contributed by atoms with van der Waals surface area (Å²) in [4.78, 5) is 25.1. The molecule has 1 saturated heterocycles. The van der Waals surface area contributed by atoms with Crippen molar-refractivity contribution in [1.82, 2.24) is 24.5 Å². The molecule has 1 amide bonds. The van der Waals surface area contributed by atoms with Gasteiger partial charge in [0.25, 0.3) is 5.91 Å². The molecule has 0 unspecified atom stereocenters. The molecule has 2 fully saturated rings. The molecule has 3 aromatic heterocycles. The molecule has 2 aliphatic rings. The summed E-state index contributed by atoms with van der Waals surface area (Å²) in [5.74, 6) is 0.794. The van der Waals surface area contributed by atoms with Crippen molar-refractivity contribution < 1.29 is 4.79 Å². The molecular weight excluding hydrogens is 410 g/mol. The van der Waals surface area contributed by atoms with E-state index in [0.717, 1.165) is 47.5 Å². The quantitative estimate of drug-likeness (QED) is 0.439. The van der Waals surface area contributed by atoms with Crippen LogP contribution in [0.2, 0.25) is 0 Å². The number of pyridine rings is 1. The molecule has 0 N–H and O–H groups in total. The third-order valence-corrected chi connectivity index (χ3v) is 7.23. The van der Waals surface area contributed by atoms with Gasteiger partial charge in [-0.3, -0.25) is 9.78 Å². The van der Waals surface area contributed by atoms with E-state index in [2.05, 4.69) is 15.0 Å². The summed E-state index contributed by atoms with van der Waals surface area (Å²) in [5.41, 5.74) is 4.93. The molecule has 0 bridgehead atoms. The van der Waals surface area contributed by atoms with Crippen LogP contribution in [-0.2, 0) is 0 Å². The Balaban J connectivity index is 1.34. The van der Waals surface area contributed by atoms with Gasteiger partial charge in [0.2, 0.25) is 0 Å². The SMILES string of the molecule is O=C(c1ccnc(-c2cnn3ccc(-c4ccccc4)nc23)c1)N1CCC[C@@H]2CCCC[C@@H]21. The number of aromatic nitrogens is 4. The zero-order valence-corrected chi connectivity index (χ0v) is 18.6. The lowest BCUT2D eigenvalue weighted by Crippen LogP contribution is -2.49. The fourth-order valence-electron chi connectivity index (χ4n) is 5.57. The number of piperidine rings is 1. The van der Waals surface area contributed by atoms with Gasteiger partial charge in [-0.1, -0.05) is 43.2 Å². The van der Waals surface area contributed by atoms with Gasteiger partial charge >= 0.3 is 0 Å². The van der Waals surface area contributed by atoms with Crippen molar-refractivity contribution >= 4 is 11.6 Å². The van der Waals surface area contributed by atoms with Crippen molar-refractivity contribution in [1.29, 1.82) is 0 Å². The standard InChI is InChI=1S/C27H27N5O/c33-27(31-15-6-10-20-9-4-5-11-25(20)31)21-12-14-28-24(17-21)22-18-29-32-16-13-23(30-26(22)32)19-7-2-1-3-8-19/h1-3,7-8,12-14,16-18,20,25H,4-6,9-11,15H2/t20-,25-/m0/s1. The molecule has 4 heterocycles. The van der Waals surface area contributed by atoms with Gasteiger partial charge < -0.3 is 4.90 Å². The van der Waals surface area contributed by atoms with Crippen molar-refractivity contribution in [3.8, 4) is 22.5 Å². The number of benzene rings is 1. The average Bonchev–Trinajstić information content (AvgIpc) is 3.32. The number of carbonyl (C=O) groups excluding carboxylic acids is 1. The Morgan fingerprint density at radius 2 is 1.79 bits per heavy atom. The van der Waals surface area contributed by atoms with Gasteiger partial charge in [0, 0.05) is 36.1 Å². The van der Waals surface area contributed by atoms with Crippen LogP contribution in [0.1, 0.15) is 48.9 Å². The summed E-state index contributed by atoms with van der Waals surface area (Å²) >= 11 is 0. The van der Waals surface area contributed by atoms with Gasteiger partial charge in [0.05, 0.1) is 23.1 Å². The van der Waals surface area contributed by atoms with Crippen molar-refractivity contribution in [2.75, 3.05) is 6.54 Å². The Bertz CT molecular complexity index is 1300. The second-order valence-electron chi connectivity index (χ2n) is 9.19. The first-order chi connectivity index (χ1) is 16.3. The highest BCUT2D eigenvalue weighted by molar-refractivity contribution is 5.96. The third-order valence-electron chi connectivity index (χ3n) is 7.23. The van der Waals surface area contributed by atoms with Crippen LogP contribution in [0.15, 0.2) is 67.1 Å². The van der Waals surface area contributed by atoms with Crippen LogP contribution in [0.25, 0.3) is 28.2 Å². The second-order valence-corrected chi connectivity index (χ2v) is 9.19. The number of hydrogen-bond donors (Lipinski definition) is 0. The number of nitrogens with zero attached hydrogens (tertiary/aromatic N) is 5. The molecule has 0 spiro atoms. The first-order valence-electron chi connectivity index (χ1n) is 11.9. The maximum absolute atomic E-state index is 13.5. The molecule has 1 aromatic carbocycles. The fraction of sp³-hybridized carbons (Fsp3) is 0.333. The molecular formula is C27H27N5O. The van der Waals surface area contributed by atoms with E-state index in [0.29, 0.717) is 17.5 Å². The number of hydrogen-bond acceptors (Lipinski definition) is 4. The molecule has 1 aliphatic carbocycles. The van der Waals surface area contributed by atoms with Crippen molar-refractivity contribution in [3.63, 3.8) is 0 Å². The van der Waals surface area contributed by atoms with Crippen LogP contribution in [0.3, 0.4) is 0 Å². The van der Waals surface area contributed by atoms with Crippen LogP contribution in [0.5, 0.6) is 0 Å². The summed E-state index contributed by atoms with van der Waals surface area (Å²) in [6.45, 7) is 0.858. The molecule has 6 heteroatoms.